The maximum absolute atomic E-state index is 12.2. The molecule has 23 heavy (non-hydrogen) atoms. The molecular formula is C16H15IN2O3S. The number of carbonyl (C=O) groups excluding carboxylic acids is 2. The molecule has 0 fully saturated rings. The van der Waals surface area contributed by atoms with Gasteiger partial charge in [0.05, 0.1) is 22.9 Å². The fourth-order valence-corrected chi connectivity index (χ4v) is 2.89. The number of carbonyl (C=O) groups is 2. The summed E-state index contributed by atoms with van der Waals surface area (Å²) in [7, 11) is 0. The number of nitrogens with one attached hydrogen (secondary N) is 1. The third-order valence-electron chi connectivity index (χ3n) is 2.72. The Morgan fingerprint density at radius 1 is 1.30 bits per heavy atom. The van der Waals surface area contributed by atoms with E-state index in [4.69, 9.17) is 4.74 Å². The van der Waals surface area contributed by atoms with Gasteiger partial charge < -0.3 is 10.1 Å². The number of thioether (sulfide) groups is 1. The van der Waals surface area contributed by atoms with E-state index < -0.39 is 0 Å². The van der Waals surface area contributed by atoms with Gasteiger partial charge in [-0.1, -0.05) is 17.8 Å². The molecule has 0 aliphatic heterocycles. The number of esters is 1. The number of ether oxygens (including phenoxy) is 1. The summed E-state index contributed by atoms with van der Waals surface area (Å²) in [5, 5.41) is 3.49. The van der Waals surface area contributed by atoms with E-state index >= 15 is 0 Å². The molecule has 5 nitrogen and oxygen atoms in total. The summed E-state index contributed by atoms with van der Waals surface area (Å²) < 4.78 is 5.89. The number of benzene rings is 1. The van der Waals surface area contributed by atoms with E-state index in [1.807, 2.05) is 24.3 Å². The Kier molecular flexibility index (Phi) is 6.85. The van der Waals surface area contributed by atoms with Crippen LogP contribution in [0.2, 0.25) is 0 Å². The summed E-state index contributed by atoms with van der Waals surface area (Å²) in [6, 6.07) is 10.9. The van der Waals surface area contributed by atoms with E-state index in [0.29, 0.717) is 17.2 Å². The third kappa shape index (κ3) is 5.83. The highest BCUT2D eigenvalue weighted by Gasteiger charge is 2.08. The van der Waals surface area contributed by atoms with Gasteiger partial charge in [0.15, 0.2) is 0 Å². The number of anilines is 1. The second-order valence-corrected chi connectivity index (χ2v) is 6.68. The summed E-state index contributed by atoms with van der Waals surface area (Å²) in [5.74, 6) is -0.296. The van der Waals surface area contributed by atoms with Crippen molar-refractivity contribution in [3.8, 4) is 0 Å². The highest BCUT2D eigenvalue weighted by molar-refractivity contribution is 14.1. The van der Waals surface area contributed by atoms with Crippen molar-refractivity contribution in [3.05, 3.63) is 51.7 Å². The van der Waals surface area contributed by atoms with Gasteiger partial charge in [0.25, 0.3) is 5.91 Å². The van der Waals surface area contributed by atoms with Crippen LogP contribution in [0.1, 0.15) is 17.3 Å². The second-order valence-electron chi connectivity index (χ2n) is 4.44. The van der Waals surface area contributed by atoms with E-state index in [0.717, 1.165) is 9.26 Å². The fraction of sp³-hybridized carbons (Fsp3) is 0.188. The largest absolute Gasteiger partial charge is 0.465 e. The number of halogens is 1. The van der Waals surface area contributed by atoms with Crippen molar-refractivity contribution < 1.29 is 14.3 Å². The molecule has 1 aromatic heterocycles. The highest BCUT2D eigenvalue weighted by Crippen LogP contribution is 2.17. The quantitative estimate of drug-likeness (QED) is 0.421. The average Bonchev–Trinajstić information content (AvgIpc) is 2.54. The van der Waals surface area contributed by atoms with Crippen LogP contribution in [-0.4, -0.2) is 29.2 Å². The number of aromatic nitrogens is 1. The standard InChI is InChI=1S/C16H15IN2O3S/c1-2-22-15(20)10-23-14-7-6-11(9-18-14)16(21)19-13-5-3-4-12(17)8-13/h3-9H,2,10H2,1H3,(H,19,21). The molecule has 7 heteroatoms. The average molecular weight is 442 g/mol. The van der Waals surface area contributed by atoms with Gasteiger partial charge in [-0.2, -0.15) is 0 Å². The SMILES string of the molecule is CCOC(=O)CSc1ccc(C(=O)Nc2cccc(I)c2)cn1. The lowest BCUT2D eigenvalue weighted by atomic mass is 10.2. The van der Waals surface area contributed by atoms with E-state index in [9.17, 15) is 9.59 Å². The van der Waals surface area contributed by atoms with Gasteiger partial charge in [-0.05, 0) is 59.8 Å². The zero-order valence-electron chi connectivity index (χ0n) is 12.4. The Morgan fingerprint density at radius 3 is 2.78 bits per heavy atom. The predicted octanol–water partition coefficient (Wildman–Crippen LogP) is 3.59. The maximum atomic E-state index is 12.2. The first-order valence-corrected chi connectivity index (χ1v) is 8.96. The van der Waals surface area contributed by atoms with Gasteiger partial charge in [0, 0.05) is 15.5 Å². The summed E-state index contributed by atoms with van der Waals surface area (Å²) in [5.41, 5.74) is 1.20. The zero-order chi connectivity index (χ0) is 16.7. The molecule has 0 unspecified atom stereocenters. The van der Waals surface area contributed by atoms with Crippen LogP contribution < -0.4 is 5.32 Å². The van der Waals surface area contributed by atoms with Crippen LogP contribution >= 0.6 is 34.4 Å². The molecule has 0 saturated carbocycles. The first kappa shape index (κ1) is 17.7. The molecule has 0 saturated heterocycles. The Morgan fingerprint density at radius 2 is 2.13 bits per heavy atom. The normalized spacial score (nSPS) is 10.2. The lowest BCUT2D eigenvalue weighted by Gasteiger charge is -2.06. The summed E-state index contributed by atoms with van der Waals surface area (Å²) in [6.07, 6.45) is 1.50. The molecule has 1 aromatic carbocycles. The number of hydrogen-bond donors (Lipinski definition) is 1. The smallest absolute Gasteiger partial charge is 0.316 e. The minimum atomic E-state index is -0.278. The molecule has 0 aliphatic carbocycles. The number of hydrogen-bond acceptors (Lipinski definition) is 5. The monoisotopic (exact) mass is 442 g/mol. The number of pyridine rings is 1. The van der Waals surface area contributed by atoms with Crippen molar-refractivity contribution in [3.63, 3.8) is 0 Å². The van der Waals surface area contributed by atoms with Crippen LogP contribution in [0.15, 0.2) is 47.6 Å². The molecule has 0 bridgehead atoms. The Hall–Kier alpha value is -1.61. The summed E-state index contributed by atoms with van der Waals surface area (Å²) in [4.78, 5) is 27.6. The van der Waals surface area contributed by atoms with Crippen molar-refractivity contribution in [1.29, 1.82) is 0 Å². The van der Waals surface area contributed by atoms with Crippen LogP contribution in [-0.2, 0) is 9.53 Å². The van der Waals surface area contributed by atoms with Gasteiger partial charge in [-0.25, -0.2) is 4.98 Å². The predicted molar refractivity (Wildman–Crippen MR) is 98.7 cm³/mol. The van der Waals surface area contributed by atoms with E-state index in [1.54, 1.807) is 19.1 Å². The van der Waals surface area contributed by atoms with Crippen molar-refractivity contribution in [2.75, 3.05) is 17.7 Å². The highest BCUT2D eigenvalue weighted by atomic mass is 127. The Labute approximate surface area is 152 Å². The van der Waals surface area contributed by atoms with Gasteiger partial charge >= 0.3 is 5.97 Å². The molecule has 120 valence electrons. The summed E-state index contributed by atoms with van der Waals surface area (Å²) >= 11 is 3.46. The molecule has 0 aliphatic rings. The van der Waals surface area contributed by atoms with Crippen LogP contribution in [0, 0.1) is 3.57 Å². The molecule has 0 atom stereocenters. The minimum absolute atomic E-state index is 0.203. The van der Waals surface area contributed by atoms with Gasteiger partial charge in [0.2, 0.25) is 0 Å². The van der Waals surface area contributed by atoms with Gasteiger partial charge in [-0.3, -0.25) is 9.59 Å². The number of nitrogens with zero attached hydrogens (tertiary/aromatic N) is 1. The van der Waals surface area contributed by atoms with Crippen LogP contribution in [0.4, 0.5) is 5.69 Å². The third-order valence-corrected chi connectivity index (χ3v) is 4.31. The van der Waals surface area contributed by atoms with E-state index in [1.165, 1.54) is 18.0 Å². The lowest BCUT2D eigenvalue weighted by Crippen LogP contribution is -2.12. The van der Waals surface area contributed by atoms with E-state index in [-0.39, 0.29) is 17.6 Å². The Balaban J connectivity index is 1.93. The topological polar surface area (TPSA) is 68.3 Å². The maximum Gasteiger partial charge on any atom is 0.316 e. The Bertz CT molecular complexity index is 692. The van der Waals surface area contributed by atoms with Gasteiger partial charge in [-0.15, -0.1) is 0 Å². The minimum Gasteiger partial charge on any atom is -0.465 e. The molecule has 0 spiro atoms. The fourth-order valence-electron chi connectivity index (χ4n) is 1.71. The molecule has 2 aromatic rings. The lowest BCUT2D eigenvalue weighted by molar-refractivity contribution is -0.139. The van der Waals surface area contributed by atoms with Crippen LogP contribution in [0.25, 0.3) is 0 Å². The molecule has 2 rings (SSSR count). The van der Waals surface area contributed by atoms with Crippen molar-refractivity contribution in [1.82, 2.24) is 4.98 Å². The van der Waals surface area contributed by atoms with E-state index in [2.05, 4.69) is 32.9 Å². The van der Waals surface area contributed by atoms with Crippen molar-refractivity contribution in [2.45, 2.75) is 11.9 Å². The van der Waals surface area contributed by atoms with Gasteiger partial charge in [0.1, 0.15) is 0 Å². The molecule has 1 heterocycles. The first-order chi connectivity index (χ1) is 11.1. The van der Waals surface area contributed by atoms with Crippen molar-refractivity contribution >= 4 is 51.9 Å². The number of rotatable bonds is 6. The van der Waals surface area contributed by atoms with Crippen LogP contribution in [0.5, 0.6) is 0 Å². The second kappa shape index (κ2) is 8.88. The van der Waals surface area contributed by atoms with Crippen molar-refractivity contribution in [2.24, 2.45) is 0 Å². The molecular weight excluding hydrogens is 427 g/mol. The zero-order valence-corrected chi connectivity index (χ0v) is 15.4. The number of amides is 1. The first-order valence-electron chi connectivity index (χ1n) is 6.90. The molecule has 1 amide bonds. The van der Waals surface area contributed by atoms with Crippen LogP contribution in [0.3, 0.4) is 0 Å². The molecule has 1 N–H and O–H groups in total. The molecule has 0 radical (unpaired) electrons. The summed E-state index contributed by atoms with van der Waals surface area (Å²) in [6.45, 7) is 2.13.